The Morgan fingerprint density at radius 1 is 1.25 bits per heavy atom. The highest BCUT2D eigenvalue weighted by Gasteiger charge is 2.29. The minimum atomic E-state index is -0.662. The Balaban J connectivity index is 1.92. The van der Waals surface area contributed by atoms with Crippen LogP contribution in [0.25, 0.3) is 0 Å². The van der Waals surface area contributed by atoms with Gasteiger partial charge >= 0.3 is 0 Å². The molecule has 20 heavy (non-hydrogen) atoms. The Kier molecular flexibility index (Phi) is 5.23. The molecular weight excluding hydrogens is 258 g/mol. The largest absolute Gasteiger partial charge is 0.497 e. The summed E-state index contributed by atoms with van der Waals surface area (Å²) in [6.07, 6.45) is 1.35. The number of aliphatic hydroxyl groups is 1. The van der Waals surface area contributed by atoms with E-state index in [0.717, 1.165) is 17.1 Å². The van der Waals surface area contributed by atoms with Gasteiger partial charge in [-0.3, -0.25) is 0 Å². The second kappa shape index (κ2) is 6.92. The molecule has 1 aromatic rings. The lowest BCUT2D eigenvalue weighted by molar-refractivity contribution is -0.0617. The average Bonchev–Trinajstić information content (AvgIpc) is 2.47. The first-order valence-corrected chi connectivity index (χ1v) is 6.89. The van der Waals surface area contributed by atoms with Crippen LogP contribution in [0, 0.1) is 0 Å². The third kappa shape index (κ3) is 3.85. The fraction of sp³-hybridized carbons (Fsp3) is 0.600. The van der Waals surface area contributed by atoms with Crippen LogP contribution < -0.4 is 14.8 Å². The molecule has 0 amide bonds. The van der Waals surface area contributed by atoms with E-state index in [1.807, 2.05) is 18.2 Å². The number of hydrogen-bond acceptors (Lipinski definition) is 5. The standard InChI is InChI=1S/C15H23NO4/c1-18-13-3-4-14(19-2)12(9-13)10-16-11-15(17)5-7-20-8-6-15/h3-4,9,16-17H,5-8,10-11H2,1-2H3. The highest BCUT2D eigenvalue weighted by molar-refractivity contribution is 5.40. The summed E-state index contributed by atoms with van der Waals surface area (Å²) >= 11 is 0. The van der Waals surface area contributed by atoms with Crippen LogP contribution in [0.1, 0.15) is 18.4 Å². The van der Waals surface area contributed by atoms with Gasteiger partial charge in [0.2, 0.25) is 0 Å². The summed E-state index contributed by atoms with van der Waals surface area (Å²) in [4.78, 5) is 0. The summed E-state index contributed by atoms with van der Waals surface area (Å²) in [5, 5.41) is 13.7. The molecule has 2 N–H and O–H groups in total. The summed E-state index contributed by atoms with van der Waals surface area (Å²) in [5.41, 5.74) is 0.354. The molecule has 2 rings (SSSR count). The number of hydrogen-bond donors (Lipinski definition) is 2. The van der Waals surface area contributed by atoms with Gasteiger partial charge in [-0.05, 0) is 18.2 Å². The van der Waals surface area contributed by atoms with E-state index in [-0.39, 0.29) is 0 Å². The van der Waals surface area contributed by atoms with E-state index in [1.54, 1.807) is 14.2 Å². The first-order valence-electron chi connectivity index (χ1n) is 6.89. The lowest BCUT2D eigenvalue weighted by Crippen LogP contribution is -2.44. The summed E-state index contributed by atoms with van der Waals surface area (Å²) in [6, 6.07) is 5.70. The number of rotatable bonds is 6. The van der Waals surface area contributed by atoms with Crippen molar-refractivity contribution in [3.63, 3.8) is 0 Å². The molecule has 1 saturated heterocycles. The molecule has 1 fully saturated rings. The quantitative estimate of drug-likeness (QED) is 0.824. The van der Waals surface area contributed by atoms with E-state index in [0.29, 0.717) is 39.1 Å². The molecule has 0 radical (unpaired) electrons. The van der Waals surface area contributed by atoms with Crippen molar-refractivity contribution in [1.82, 2.24) is 5.32 Å². The van der Waals surface area contributed by atoms with Crippen LogP contribution >= 0.6 is 0 Å². The lowest BCUT2D eigenvalue weighted by Gasteiger charge is -2.32. The monoisotopic (exact) mass is 281 g/mol. The zero-order valence-electron chi connectivity index (χ0n) is 12.1. The van der Waals surface area contributed by atoms with Gasteiger partial charge in [0.1, 0.15) is 11.5 Å². The SMILES string of the molecule is COc1ccc(OC)c(CNCC2(O)CCOCC2)c1. The fourth-order valence-corrected chi connectivity index (χ4v) is 2.38. The van der Waals surface area contributed by atoms with E-state index in [1.165, 1.54) is 0 Å². The van der Waals surface area contributed by atoms with E-state index < -0.39 is 5.60 Å². The van der Waals surface area contributed by atoms with Gasteiger partial charge in [-0.25, -0.2) is 0 Å². The van der Waals surface area contributed by atoms with Crippen LogP contribution in [0.15, 0.2) is 18.2 Å². The number of methoxy groups -OCH3 is 2. The Morgan fingerprint density at radius 2 is 2.00 bits per heavy atom. The molecule has 5 heteroatoms. The molecule has 0 atom stereocenters. The van der Waals surface area contributed by atoms with Crippen LogP contribution in [0.2, 0.25) is 0 Å². The molecule has 0 saturated carbocycles. The first-order chi connectivity index (χ1) is 9.67. The summed E-state index contributed by atoms with van der Waals surface area (Å²) in [6.45, 7) is 2.43. The third-order valence-electron chi connectivity index (χ3n) is 3.68. The molecule has 0 aromatic heterocycles. The second-order valence-corrected chi connectivity index (χ2v) is 5.12. The minimum absolute atomic E-state index is 0.552. The summed E-state index contributed by atoms with van der Waals surface area (Å²) in [7, 11) is 3.29. The third-order valence-corrected chi connectivity index (χ3v) is 3.68. The van der Waals surface area contributed by atoms with Gasteiger partial charge in [-0.15, -0.1) is 0 Å². The molecule has 0 aliphatic carbocycles. The maximum absolute atomic E-state index is 10.4. The number of benzene rings is 1. The molecule has 1 aliphatic rings. The number of nitrogens with one attached hydrogen (secondary N) is 1. The molecule has 0 unspecified atom stereocenters. The van der Waals surface area contributed by atoms with Crippen LogP contribution in [0.5, 0.6) is 11.5 Å². The highest BCUT2D eigenvalue weighted by atomic mass is 16.5. The van der Waals surface area contributed by atoms with Crippen molar-refractivity contribution < 1.29 is 19.3 Å². The predicted molar refractivity (Wildman–Crippen MR) is 76.3 cm³/mol. The Labute approximate surface area is 119 Å². The molecular formula is C15H23NO4. The Hall–Kier alpha value is -1.30. The molecule has 1 aromatic carbocycles. The molecule has 5 nitrogen and oxygen atoms in total. The smallest absolute Gasteiger partial charge is 0.123 e. The Morgan fingerprint density at radius 3 is 2.65 bits per heavy atom. The zero-order chi connectivity index (χ0) is 14.4. The van der Waals surface area contributed by atoms with Crippen molar-refractivity contribution in [2.24, 2.45) is 0 Å². The molecule has 0 spiro atoms. The normalized spacial score (nSPS) is 17.8. The fourth-order valence-electron chi connectivity index (χ4n) is 2.38. The molecule has 1 aliphatic heterocycles. The van der Waals surface area contributed by atoms with Crippen molar-refractivity contribution in [3.05, 3.63) is 23.8 Å². The van der Waals surface area contributed by atoms with Crippen LogP contribution in [0.3, 0.4) is 0 Å². The Bertz CT molecular complexity index is 430. The van der Waals surface area contributed by atoms with E-state index >= 15 is 0 Å². The molecule has 0 bridgehead atoms. The van der Waals surface area contributed by atoms with Crippen molar-refractivity contribution in [1.29, 1.82) is 0 Å². The second-order valence-electron chi connectivity index (χ2n) is 5.12. The molecule has 1 heterocycles. The maximum Gasteiger partial charge on any atom is 0.123 e. The summed E-state index contributed by atoms with van der Waals surface area (Å²) in [5.74, 6) is 1.62. The van der Waals surface area contributed by atoms with E-state index in [4.69, 9.17) is 14.2 Å². The lowest BCUT2D eigenvalue weighted by atomic mass is 9.94. The van der Waals surface area contributed by atoms with Gasteiger partial charge in [0, 0.05) is 44.7 Å². The van der Waals surface area contributed by atoms with Crippen molar-refractivity contribution in [2.75, 3.05) is 34.0 Å². The van der Waals surface area contributed by atoms with Crippen molar-refractivity contribution in [2.45, 2.75) is 25.0 Å². The van der Waals surface area contributed by atoms with Gasteiger partial charge in [-0.2, -0.15) is 0 Å². The van der Waals surface area contributed by atoms with Gasteiger partial charge in [-0.1, -0.05) is 0 Å². The topological polar surface area (TPSA) is 60.0 Å². The predicted octanol–water partition coefficient (Wildman–Crippen LogP) is 1.33. The van der Waals surface area contributed by atoms with Crippen LogP contribution in [-0.2, 0) is 11.3 Å². The first kappa shape index (κ1) is 15.1. The minimum Gasteiger partial charge on any atom is -0.497 e. The zero-order valence-corrected chi connectivity index (χ0v) is 12.1. The van der Waals surface area contributed by atoms with Gasteiger partial charge in [0.25, 0.3) is 0 Å². The highest BCUT2D eigenvalue weighted by Crippen LogP contribution is 2.24. The van der Waals surface area contributed by atoms with Crippen molar-refractivity contribution in [3.8, 4) is 11.5 Å². The number of ether oxygens (including phenoxy) is 3. The average molecular weight is 281 g/mol. The van der Waals surface area contributed by atoms with Gasteiger partial charge < -0.3 is 24.6 Å². The van der Waals surface area contributed by atoms with Gasteiger partial charge in [0.05, 0.1) is 19.8 Å². The molecule has 112 valence electrons. The van der Waals surface area contributed by atoms with Crippen molar-refractivity contribution >= 4 is 0 Å². The summed E-state index contributed by atoms with van der Waals surface area (Å²) < 4.78 is 15.8. The van der Waals surface area contributed by atoms with Gasteiger partial charge in [0.15, 0.2) is 0 Å². The van der Waals surface area contributed by atoms with Crippen LogP contribution in [-0.4, -0.2) is 44.7 Å². The van der Waals surface area contributed by atoms with E-state index in [2.05, 4.69) is 5.32 Å². The van der Waals surface area contributed by atoms with Crippen LogP contribution in [0.4, 0.5) is 0 Å². The van der Waals surface area contributed by atoms with E-state index in [9.17, 15) is 5.11 Å². The maximum atomic E-state index is 10.4.